The summed E-state index contributed by atoms with van der Waals surface area (Å²) in [5.74, 6) is 0.902. The van der Waals surface area contributed by atoms with Crippen LogP contribution in [0.15, 0.2) is 66.7 Å². The average Bonchev–Trinajstić information content (AvgIpc) is 2.81. The van der Waals surface area contributed by atoms with Gasteiger partial charge in [-0.15, -0.1) is 0 Å². The van der Waals surface area contributed by atoms with Crippen LogP contribution in [0.2, 0.25) is 0 Å². The lowest BCUT2D eigenvalue weighted by Crippen LogP contribution is -2.23. The van der Waals surface area contributed by atoms with E-state index in [1.165, 1.54) is 60.5 Å². The van der Waals surface area contributed by atoms with Crippen LogP contribution in [0.1, 0.15) is 64.9 Å². The number of anilines is 1. The molecule has 2 heteroatoms. The van der Waals surface area contributed by atoms with Gasteiger partial charge in [0, 0.05) is 18.8 Å². The number of methoxy groups -OCH3 is 1. The van der Waals surface area contributed by atoms with E-state index >= 15 is 0 Å². The van der Waals surface area contributed by atoms with Crippen molar-refractivity contribution < 1.29 is 4.74 Å². The zero-order chi connectivity index (χ0) is 21.6. The third-order valence-corrected chi connectivity index (χ3v) is 5.42. The summed E-state index contributed by atoms with van der Waals surface area (Å²) in [6, 6.07) is 23.6. The van der Waals surface area contributed by atoms with Crippen LogP contribution in [0.25, 0.3) is 10.8 Å². The molecule has 0 bridgehead atoms. The monoisotopic (exact) mass is 405 g/mol. The second-order valence-corrected chi connectivity index (χ2v) is 7.82. The Hall–Kier alpha value is -2.48. The molecule has 3 aromatic carbocycles. The maximum atomic E-state index is 5.29. The van der Waals surface area contributed by atoms with Gasteiger partial charge >= 0.3 is 0 Å². The number of hydrogen-bond acceptors (Lipinski definition) is 2. The first kappa shape index (κ1) is 23.8. The van der Waals surface area contributed by atoms with Crippen molar-refractivity contribution in [3.8, 4) is 5.75 Å². The lowest BCUT2D eigenvalue weighted by atomic mass is 10.0. The molecular formula is C28H39NO. The molecule has 0 aromatic heterocycles. The number of fused-ring (bicyclic) bond motifs is 1. The first-order valence-electron chi connectivity index (χ1n) is 11.6. The van der Waals surface area contributed by atoms with Crippen molar-refractivity contribution >= 4 is 16.5 Å². The molecule has 0 heterocycles. The van der Waals surface area contributed by atoms with Crippen LogP contribution < -0.4 is 9.64 Å². The molecule has 162 valence electrons. The maximum Gasteiger partial charge on any atom is 0.119 e. The van der Waals surface area contributed by atoms with Crippen LogP contribution >= 0.6 is 0 Å². The van der Waals surface area contributed by atoms with E-state index in [2.05, 4.69) is 80.3 Å². The Kier molecular flexibility index (Phi) is 10.9. The second kappa shape index (κ2) is 13.7. The summed E-state index contributed by atoms with van der Waals surface area (Å²) in [4.78, 5) is 2.46. The van der Waals surface area contributed by atoms with Crippen molar-refractivity contribution in [3.63, 3.8) is 0 Å². The summed E-state index contributed by atoms with van der Waals surface area (Å²) in [7, 11) is 1.71. The van der Waals surface area contributed by atoms with Crippen LogP contribution in [0.3, 0.4) is 0 Å². The van der Waals surface area contributed by atoms with Gasteiger partial charge in [-0.1, -0.05) is 95.3 Å². The Morgan fingerprint density at radius 2 is 1.33 bits per heavy atom. The van der Waals surface area contributed by atoms with E-state index in [9.17, 15) is 0 Å². The molecule has 0 spiro atoms. The minimum atomic E-state index is 0.902. The van der Waals surface area contributed by atoms with Gasteiger partial charge < -0.3 is 9.64 Å². The Bertz CT molecular complexity index is 831. The number of unbranched alkanes of at least 4 members (excludes halogenated alkanes) is 4. The standard InChI is InChI=1S/C22H25NO.C6H14/c1-3-4-16-23(20-12-14-21(24-2)15-13-20)17-19-10-7-9-18-8-5-6-11-22(18)19;1-3-5-6-4-2/h5-15H,3-4,16-17H2,1-2H3;3-6H2,1-2H3. The first-order chi connectivity index (χ1) is 14.7. The van der Waals surface area contributed by atoms with E-state index in [0.717, 1.165) is 18.8 Å². The largest absolute Gasteiger partial charge is 0.497 e. The van der Waals surface area contributed by atoms with E-state index in [1.54, 1.807) is 7.11 Å². The molecule has 0 unspecified atom stereocenters. The quantitative estimate of drug-likeness (QED) is 0.315. The summed E-state index contributed by atoms with van der Waals surface area (Å²) < 4.78 is 5.29. The van der Waals surface area contributed by atoms with Crippen molar-refractivity contribution in [1.29, 1.82) is 0 Å². The molecule has 3 aromatic rings. The van der Waals surface area contributed by atoms with Crippen molar-refractivity contribution in [2.24, 2.45) is 0 Å². The fourth-order valence-electron chi connectivity index (χ4n) is 3.58. The highest BCUT2D eigenvalue weighted by molar-refractivity contribution is 5.85. The fourth-order valence-corrected chi connectivity index (χ4v) is 3.58. The minimum absolute atomic E-state index is 0.902. The van der Waals surface area contributed by atoms with Gasteiger partial charge in [-0.3, -0.25) is 0 Å². The highest BCUT2D eigenvalue weighted by atomic mass is 16.5. The van der Waals surface area contributed by atoms with Gasteiger partial charge in [0.05, 0.1) is 7.11 Å². The SMILES string of the molecule is CCCCCC.CCCCN(Cc1cccc2ccccc12)c1ccc(OC)cc1. The van der Waals surface area contributed by atoms with E-state index in [1.807, 2.05) is 12.1 Å². The molecule has 0 N–H and O–H groups in total. The summed E-state index contributed by atoms with van der Waals surface area (Å²) >= 11 is 0. The fraction of sp³-hybridized carbons (Fsp3) is 0.429. The highest BCUT2D eigenvalue weighted by Crippen LogP contribution is 2.25. The second-order valence-electron chi connectivity index (χ2n) is 7.82. The third-order valence-electron chi connectivity index (χ3n) is 5.42. The number of rotatable bonds is 10. The summed E-state index contributed by atoms with van der Waals surface area (Å²) in [6.07, 6.45) is 7.92. The number of benzene rings is 3. The molecule has 0 amide bonds. The Morgan fingerprint density at radius 1 is 0.700 bits per heavy atom. The Balaban J connectivity index is 0.000000469. The summed E-state index contributed by atoms with van der Waals surface area (Å²) in [5, 5.41) is 2.65. The van der Waals surface area contributed by atoms with Gasteiger partial charge in [-0.2, -0.15) is 0 Å². The molecule has 0 saturated heterocycles. The molecule has 30 heavy (non-hydrogen) atoms. The first-order valence-corrected chi connectivity index (χ1v) is 11.6. The van der Waals surface area contributed by atoms with Gasteiger partial charge in [-0.25, -0.2) is 0 Å². The number of ether oxygens (including phenoxy) is 1. The lowest BCUT2D eigenvalue weighted by Gasteiger charge is -2.26. The zero-order valence-corrected chi connectivity index (χ0v) is 19.4. The predicted molar refractivity (Wildman–Crippen MR) is 133 cm³/mol. The molecule has 3 rings (SSSR count). The van der Waals surface area contributed by atoms with E-state index in [0.29, 0.717) is 0 Å². The minimum Gasteiger partial charge on any atom is -0.497 e. The van der Waals surface area contributed by atoms with Crippen molar-refractivity contribution in [2.75, 3.05) is 18.6 Å². The van der Waals surface area contributed by atoms with Crippen molar-refractivity contribution in [3.05, 3.63) is 72.3 Å². The van der Waals surface area contributed by atoms with Crippen molar-refractivity contribution in [2.45, 2.75) is 65.8 Å². The molecule has 0 saturated carbocycles. The van der Waals surface area contributed by atoms with Gasteiger partial charge in [-0.05, 0) is 47.0 Å². The molecule has 0 atom stereocenters. The topological polar surface area (TPSA) is 12.5 Å². The van der Waals surface area contributed by atoms with Gasteiger partial charge in [0.15, 0.2) is 0 Å². The highest BCUT2D eigenvalue weighted by Gasteiger charge is 2.09. The predicted octanol–water partition coefficient (Wildman–Crippen LogP) is 8.24. The summed E-state index contributed by atoms with van der Waals surface area (Å²) in [6.45, 7) is 8.69. The number of hydrogen-bond donors (Lipinski definition) is 0. The van der Waals surface area contributed by atoms with Gasteiger partial charge in [0.1, 0.15) is 5.75 Å². The average molecular weight is 406 g/mol. The Labute approximate surface area is 183 Å². The van der Waals surface area contributed by atoms with Crippen LogP contribution in [-0.4, -0.2) is 13.7 Å². The third kappa shape index (κ3) is 7.40. The zero-order valence-electron chi connectivity index (χ0n) is 19.4. The molecule has 0 fully saturated rings. The van der Waals surface area contributed by atoms with Crippen LogP contribution in [0.5, 0.6) is 5.75 Å². The van der Waals surface area contributed by atoms with Crippen LogP contribution in [-0.2, 0) is 6.54 Å². The van der Waals surface area contributed by atoms with E-state index in [4.69, 9.17) is 4.74 Å². The molecule has 0 radical (unpaired) electrons. The lowest BCUT2D eigenvalue weighted by molar-refractivity contribution is 0.415. The van der Waals surface area contributed by atoms with Crippen LogP contribution in [0.4, 0.5) is 5.69 Å². The van der Waals surface area contributed by atoms with E-state index in [-0.39, 0.29) is 0 Å². The maximum absolute atomic E-state index is 5.29. The van der Waals surface area contributed by atoms with Crippen LogP contribution in [0, 0.1) is 0 Å². The van der Waals surface area contributed by atoms with Gasteiger partial charge in [0.25, 0.3) is 0 Å². The summed E-state index contributed by atoms with van der Waals surface area (Å²) in [5.41, 5.74) is 2.62. The van der Waals surface area contributed by atoms with E-state index < -0.39 is 0 Å². The molecule has 0 aliphatic rings. The smallest absolute Gasteiger partial charge is 0.119 e. The normalized spacial score (nSPS) is 10.4. The molecular weight excluding hydrogens is 366 g/mol. The molecule has 0 aliphatic carbocycles. The van der Waals surface area contributed by atoms with Gasteiger partial charge in [0.2, 0.25) is 0 Å². The molecule has 2 nitrogen and oxygen atoms in total. The number of nitrogens with zero attached hydrogens (tertiary/aromatic N) is 1. The van der Waals surface area contributed by atoms with Crippen molar-refractivity contribution in [1.82, 2.24) is 0 Å². The molecule has 0 aliphatic heterocycles. The Morgan fingerprint density at radius 3 is 1.97 bits per heavy atom.